The summed E-state index contributed by atoms with van der Waals surface area (Å²) < 4.78 is 20.3. The highest BCUT2D eigenvalue weighted by atomic mass is 32.2. The predicted octanol–water partition coefficient (Wildman–Crippen LogP) is 1.92. The summed E-state index contributed by atoms with van der Waals surface area (Å²) in [7, 11) is 0. The van der Waals surface area contributed by atoms with E-state index in [1.165, 1.54) is 0 Å². The molecular weight excluding hydrogens is 412 g/mol. The predicted molar refractivity (Wildman–Crippen MR) is 112 cm³/mol. The Morgan fingerprint density at radius 2 is 1.77 bits per heavy atom. The van der Waals surface area contributed by atoms with Crippen LogP contribution in [-0.4, -0.2) is 80.2 Å². The quantitative estimate of drug-likeness (QED) is 0.286. The van der Waals surface area contributed by atoms with Gasteiger partial charge in [-0.2, -0.15) is 0 Å². The van der Waals surface area contributed by atoms with Gasteiger partial charge in [0.2, 0.25) is 6.79 Å². The first-order valence-electron chi connectivity index (χ1n) is 10.7. The van der Waals surface area contributed by atoms with E-state index in [2.05, 4.69) is 4.90 Å². The largest absolute Gasteiger partial charge is 0.465 e. The van der Waals surface area contributed by atoms with Gasteiger partial charge in [0, 0.05) is 18.8 Å². The zero-order valence-electron chi connectivity index (χ0n) is 17.6. The number of esters is 2. The molecule has 10 heteroatoms. The molecule has 0 amide bonds. The summed E-state index contributed by atoms with van der Waals surface area (Å²) in [5, 5.41) is -0.639. The van der Waals surface area contributed by atoms with E-state index in [0.717, 1.165) is 89.6 Å². The third kappa shape index (κ3) is 10.1. The molecule has 1 aliphatic carbocycles. The van der Waals surface area contributed by atoms with Crippen molar-refractivity contribution in [3.63, 3.8) is 0 Å². The molecule has 9 nitrogen and oxygen atoms in total. The average Bonchev–Trinajstić information content (AvgIpc) is 2.78. The van der Waals surface area contributed by atoms with Gasteiger partial charge in [-0.3, -0.25) is 14.5 Å². The van der Waals surface area contributed by atoms with E-state index in [0.29, 0.717) is 6.61 Å². The van der Waals surface area contributed by atoms with E-state index < -0.39 is 24.1 Å². The molecular formula is C20H34N2O7S. The molecule has 2 rings (SSSR count). The molecule has 1 heterocycles. The van der Waals surface area contributed by atoms with Crippen LogP contribution in [0.1, 0.15) is 44.9 Å². The maximum atomic E-state index is 11.9. The van der Waals surface area contributed by atoms with E-state index in [1.807, 2.05) is 0 Å². The Morgan fingerprint density at radius 3 is 2.50 bits per heavy atom. The summed E-state index contributed by atoms with van der Waals surface area (Å²) in [6, 6.07) is -0.911. The number of carbonyl (C=O) groups excluding carboxylic acids is 3. The van der Waals surface area contributed by atoms with Crippen LogP contribution in [0.3, 0.4) is 0 Å². The van der Waals surface area contributed by atoms with Gasteiger partial charge >= 0.3 is 17.2 Å². The summed E-state index contributed by atoms with van der Waals surface area (Å²) in [6.07, 6.45) is 6.54. The molecule has 0 aromatic carbocycles. The minimum Gasteiger partial charge on any atom is -0.465 e. The van der Waals surface area contributed by atoms with Gasteiger partial charge in [0.05, 0.1) is 25.7 Å². The molecule has 2 N–H and O–H groups in total. The minimum absolute atomic E-state index is 0.0437. The Balaban J connectivity index is 1.46. The van der Waals surface area contributed by atoms with Gasteiger partial charge in [-0.15, -0.1) is 0 Å². The maximum Gasteiger partial charge on any atom is 0.370 e. The fraction of sp³-hybridized carbons (Fsp3) is 0.850. The number of morpholine rings is 1. The summed E-state index contributed by atoms with van der Waals surface area (Å²) in [5.74, 6) is -0.906. The van der Waals surface area contributed by atoms with Crippen LogP contribution in [0, 0.1) is 5.92 Å². The van der Waals surface area contributed by atoms with Crippen LogP contribution in [0.25, 0.3) is 0 Å². The van der Waals surface area contributed by atoms with E-state index in [1.54, 1.807) is 0 Å². The highest BCUT2D eigenvalue weighted by Crippen LogP contribution is 2.24. The highest BCUT2D eigenvalue weighted by Gasteiger charge is 2.23. The van der Waals surface area contributed by atoms with Crippen LogP contribution < -0.4 is 5.73 Å². The van der Waals surface area contributed by atoms with Crippen molar-refractivity contribution in [1.29, 1.82) is 0 Å². The second kappa shape index (κ2) is 14.6. The van der Waals surface area contributed by atoms with E-state index in [4.69, 9.17) is 24.7 Å². The number of hydrogen-bond donors (Lipinski definition) is 1. The lowest BCUT2D eigenvalue weighted by Gasteiger charge is -2.26. The van der Waals surface area contributed by atoms with Crippen LogP contribution in [-0.2, 0) is 28.5 Å². The minimum atomic E-state index is -0.911. The third-order valence-corrected chi connectivity index (χ3v) is 6.10. The van der Waals surface area contributed by atoms with Crippen molar-refractivity contribution < 1.29 is 33.3 Å². The molecule has 1 aliphatic heterocycles. The number of unbranched alkanes of at least 4 members (excludes halogenated alkanes) is 1. The van der Waals surface area contributed by atoms with Gasteiger partial charge < -0.3 is 24.7 Å². The molecule has 0 unspecified atom stereocenters. The van der Waals surface area contributed by atoms with Gasteiger partial charge in [-0.25, -0.2) is 4.79 Å². The monoisotopic (exact) mass is 446 g/mol. The van der Waals surface area contributed by atoms with Crippen molar-refractivity contribution in [3.05, 3.63) is 0 Å². The van der Waals surface area contributed by atoms with E-state index in [9.17, 15) is 14.4 Å². The fourth-order valence-corrected chi connectivity index (χ4v) is 3.98. The van der Waals surface area contributed by atoms with Crippen molar-refractivity contribution >= 4 is 29.0 Å². The van der Waals surface area contributed by atoms with Crippen LogP contribution in [0.4, 0.5) is 4.79 Å². The molecule has 0 radical (unpaired) electrons. The normalized spacial score (nSPS) is 19.1. The Bertz CT molecular complexity index is 537. The second-order valence-corrected chi connectivity index (χ2v) is 8.51. The molecule has 0 aromatic rings. The Hall–Kier alpha value is -1.36. The number of rotatable bonds is 11. The topological polar surface area (TPSA) is 117 Å². The number of nitrogens with zero attached hydrogens (tertiary/aromatic N) is 1. The van der Waals surface area contributed by atoms with Crippen LogP contribution in [0.15, 0.2) is 0 Å². The SMILES string of the molecule is N[C@@H](CSC(=O)OCOC(=O)C1CCCCC1)C(=O)OCCCCN1CCOCC1. The van der Waals surface area contributed by atoms with Gasteiger partial charge in [-0.1, -0.05) is 19.3 Å². The fourth-order valence-electron chi connectivity index (χ4n) is 3.40. The summed E-state index contributed by atoms with van der Waals surface area (Å²) in [4.78, 5) is 37.8. The molecule has 2 aliphatic rings. The van der Waals surface area contributed by atoms with Crippen molar-refractivity contribution in [2.45, 2.75) is 51.0 Å². The molecule has 1 saturated carbocycles. The summed E-state index contributed by atoms with van der Waals surface area (Å²) in [6.45, 7) is 4.28. The van der Waals surface area contributed by atoms with E-state index >= 15 is 0 Å². The zero-order chi connectivity index (χ0) is 21.6. The van der Waals surface area contributed by atoms with Crippen LogP contribution in [0.5, 0.6) is 0 Å². The Labute approximate surface area is 182 Å². The van der Waals surface area contributed by atoms with Gasteiger partial charge in [0.15, 0.2) is 0 Å². The number of thioether (sulfide) groups is 1. The summed E-state index contributed by atoms with van der Waals surface area (Å²) >= 11 is 0.766. The highest BCUT2D eigenvalue weighted by molar-refractivity contribution is 8.13. The third-order valence-electron chi connectivity index (χ3n) is 5.22. The zero-order valence-corrected chi connectivity index (χ0v) is 18.4. The second-order valence-electron chi connectivity index (χ2n) is 7.56. The first kappa shape index (κ1) is 24.9. The number of carbonyl (C=O) groups is 3. The molecule has 2 fully saturated rings. The Kier molecular flexibility index (Phi) is 12.1. The van der Waals surface area contributed by atoms with E-state index in [-0.39, 0.29) is 17.6 Å². The molecule has 1 saturated heterocycles. The average molecular weight is 447 g/mol. The first-order valence-corrected chi connectivity index (χ1v) is 11.7. The summed E-state index contributed by atoms with van der Waals surface area (Å²) in [5.41, 5.74) is 5.76. The van der Waals surface area contributed by atoms with Crippen LogP contribution >= 0.6 is 11.8 Å². The lowest BCUT2D eigenvalue weighted by atomic mass is 9.89. The maximum absolute atomic E-state index is 11.9. The standard InChI is InChI=1S/C20H34N2O7S/c21-17(19(24)27-11-5-4-8-22-9-12-26-13-10-22)14-30-20(25)29-15-28-18(23)16-6-2-1-3-7-16/h16-17H,1-15,21H2/t17-/m0/s1. The van der Waals surface area contributed by atoms with Crippen molar-refractivity contribution in [2.24, 2.45) is 11.7 Å². The van der Waals surface area contributed by atoms with Crippen molar-refractivity contribution in [1.82, 2.24) is 4.90 Å². The smallest absolute Gasteiger partial charge is 0.370 e. The number of nitrogens with two attached hydrogens (primary N) is 1. The van der Waals surface area contributed by atoms with Gasteiger partial charge in [0.25, 0.3) is 0 Å². The van der Waals surface area contributed by atoms with Crippen molar-refractivity contribution in [2.75, 3.05) is 52.0 Å². The van der Waals surface area contributed by atoms with Gasteiger partial charge in [-0.05, 0) is 44.0 Å². The number of ether oxygens (including phenoxy) is 4. The lowest BCUT2D eigenvalue weighted by molar-refractivity contribution is -0.157. The lowest BCUT2D eigenvalue weighted by Crippen LogP contribution is -2.37. The van der Waals surface area contributed by atoms with Gasteiger partial charge in [0.1, 0.15) is 6.04 Å². The first-order chi connectivity index (χ1) is 14.6. The molecule has 172 valence electrons. The molecule has 0 spiro atoms. The van der Waals surface area contributed by atoms with Crippen molar-refractivity contribution in [3.8, 4) is 0 Å². The van der Waals surface area contributed by atoms with Crippen LogP contribution in [0.2, 0.25) is 0 Å². The Morgan fingerprint density at radius 1 is 1.03 bits per heavy atom. The number of hydrogen-bond acceptors (Lipinski definition) is 10. The molecule has 30 heavy (non-hydrogen) atoms. The molecule has 1 atom stereocenters. The molecule has 0 bridgehead atoms. The molecule has 0 aromatic heterocycles.